The number of amides is 1. The third-order valence-electron chi connectivity index (χ3n) is 2.75. The van der Waals surface area contributed by atoms with E-state index in [-0.39, 0.29) is 11.0 Å². The van der Waals surface area contributed by atoms with Gasteiger partial charge in [0.25, 0.3) is 0 Å². The van der Waals surface area contributed by atoms with Crippen molar-refractivity contribution in [3.63, 3.8) is 0 Å². The fourth-order valence-corrected chi connectivity index (χ4v) is 2.60. The van der Waals surface area contributed by atoms with E-state index in [1.165, 1.54) is 0 Å². The summed E-state index contributed by atoms with van der Waals surface area (Å²) < 4.78 is -0.846. The fourth-order valence-electron chi connectivity index (χ4n) is 1.63. The predicted molar refractivity (Wildman–Crippen MR) is 105 cm³/mol. The highest BCUT2D eigenvalue weighted by Crippen LogP contribution is 2.29. The van der Waals surface area contributed by atoms with Crippen molar-refractivity contribution in [2.75, 3.05) is 5.32 Å². The smallest absolute Gasteiger partial charge is 0.228 e. The number of unbranched alkanes of at least 4 members (excludes halogenated alkanes) is 1. The fraction of sp³-hybridized carbons (Fsp3) is 0.429. The molecule has 0 aliphatic carbocycles. The largest absolute Gasteiger partial charge is 0.339 e. The molecule has 0 aromatic heterocycles. The van der Waals surface area contributed by atoms with Crippen molar-refractivity contribution >= 4 is 79.7 Å². The second kappa shape index (κ2) is 9.89. The second-order valence-corrected chi connectivity index (χ2v) is 8.45. The van der Waals surface area contributed by atoms with Crippen molar-refractivity contribution in [3.8, 4) is 0 Å². The summed E-state index contributed by atoms with van der Waals surface area (Å²) in [4.78, 5) is 11.8. The Morgan fingerprint density at radius 2 is 2.04 bits per heavy atom. The number of nitrogens with one attached hydrogen (secondary N) is 3. The van der Waals surface area contributed by atoms with E-state index in [2.05, 4.69) is 31.9 Å². The van der Waals surface area contributed by atoms with Crippen LogP contribution in [0.4, 0.5) is 5.69 Å². The van der Waals surface area contributed by atoms with Crippen LogP contribution in [0.3, 0.4) is 0 Å². The van der Waals surface area contributed by atoms with E-state index in [9.17, 15) is 4.79 Å². The van der Waals surface area contributed by atoms with E-state index < -0.39 is 9.96 Å². The average molecular weight is 462 g/mol. The highest BCUT2D eigenvalue weighted by molar-refractivity contribution is 9.10. The van der Waals surface area contributed by atoms with Gasteiger partial charge >= 0.3 is 0 Å². The van der Waals surface area contributed by atoms with Gasteiger partial charge in [-0.1, -0.05) is 70.1 Å². The molecule has 1 aromatic carbocycles. The quantitative estimate of drug-likeness (QED) is 0.325. The molecule has 0 spiro atoms. The van der Waals surface area contributed by atoms with Gasteiger partial charge in [0.15, 0.2) is 5.11 Å². The van der Waals surface area contributed by atoms with Crippen LogP contribution in [-0.2, 0) is 4.79 Å². The highest BCUT2D eigenvalue weighted by Gasteiger charge is 2.34. The zero-order valence-electron chi connectivity index (χ0n) is 12.3. The maximum Gasteiger partial charge on any atom is 0.228 e. The molecule has 0 fully saturated rings. The molecule has 1 atom stereocenters. The van der Waals surface area contributed by atoms with Crippen molar-refractivity contribution in [2.45, 2.75) is 36.1 Å². The van der Waals surface area contributed by atoms with Gasteiger partial charge in [-0.25, -0.2) is 0 Å². The summed E-state index contributed by atoms with van der Waals surface area (Å²) in [5.74, 6) is -0.207. The van der Waals surface area contributed by atoms with Crippen molar-refractivity contribution in [1.29, 1.82) is 0 Å². The highest BCUT2D eigenvalue weighted by atomic mass is 79.9. The summed E-state index contributed by atoms with van der Waals surface area (Å²) in [5.41, 5.74) is 0.761. The molecule has 3 N–H and O–H groups in total. The Labute approximate surface area is 164 Å². The maximum atomic E-state index is 11.8. The van der Waals surface area contributed by atoms with Crippen LogP contribution < -0.4 is 16.0 Å². The molecule has 9 heteroatoms. The Kier molecular flexibility index (Phi) is 8.93. The zero-order valence-corrected chi connectivity index (χ0v) is 17.0. The molecule has 0 aliphatic rings. The van der Waals surface area contributed by atoms with Gasteiger partial charge in [-0.15, -0.1) is 0 Å². The summed E-state index contributed by atoms with van der Waals surface area (Å²) in [6.07, 6.45) is 1.09. The SMILES string of the molecule is CCCCC(=O)N[C@H](NC(=S)Nc1cccc(Br)c1)C(Cl)(Cl)Cl. The first-order chi connectivity index (χ1) is 10.7. The molecule has 1 rings (SSSR count). The first kappa shape index (κ1) is 20.8. The normalized spacial score (nSPS) is 12.4. The van der Waals surface area contributed by atoms with E-state index in [1.807, 2.05) is 31.2 Å². The van der Waals surface area contributed by atoms with E-state index in [0.717, 1.165) is 23.0 Å². The molecule has 128 valence electrons. The van der Waals surface area contributed by atoms with Crippen molar-refractivity contribution in [2.24, 2.45) is 0 Å². The molecule has 4 nitrogen and oxygen atoms in total. The lowest BCUT2D eigenvalue weighted by molar-refractivity contribution is -0.122. The van der Waals surface area contributed by atoms with E-state index in [1.54, 1.807) is 0 Å². The molecule has 0 heterocycles. The Hall–Kier alpha value is -0.270. The lowest BCUT2D eigenvalue weighted by Gasteiger charge is -2.27. The molecule has 1 amide bonds. The monoisotopic (exact) mass is 459 g/mol. The van der Waals surface area contributed by atoms with Gasteiger partial charge in [0.1, 0.15) is 6.17 Å². The average Bonchev–Trinajstić information content (AvgIpc) is 2.43. The van der Waals surface area contributed by atoms with Crippen LogP contribution >= 0.6 is 63.0 Å². The third-order valence-corrected chi connectivity index (χ3v) is 4.12. The Morgan fingerprint density at radius 1 is 1.35 bits per heavy atom. The number of rotatable bonds is 6. The Bertz CT molecular complexity index is 554. The van der Waals surface area contributed by atoms with Crippen LogP contribution in [0, 0.1) is 0 Å². The van der Waals surface area contributed by atoms with Gasteiger partial charge in [-0.2, -0.15) is 0 Å². The van der Waals surface area contributed by atoms with Gasteiger partial charge in [-0.3, -0.25) is 4.79 Å². The van der Waals surface area contributed by atoms with E-state index in [0.29, 0.717) is 6.42 Å². The minimum absolute atomic E-state index is 0.207. The first-order valence-electron chi connectivity index (χ1n) is 6.91. The summed E-state index contributed by atoms with van der Waals surface area (Å²) in [7, 11) is 0. The van der Waals surface area contributed by atoms with Gasteiger partial charge < -0.3 is 16.0 Å². The van der Waals surface area contributed by atoms with Crippen LogP contribution in [0.15, 0.2) is 28.7 Å². The molecule has 0 unspecified atom stereocenters. The van der Waals surface area contributed by atoms with E-state index in [4.69, 9.17) is 47.0 Å². The number of hydrogen-bond donors (Lipinski definition) is 3. The molecule has 23 heavy (non-hydrogen) atoms. The molecule has 0 saturated carbocycles. The number of hydrogen-bond acceptors (Lipinski definition) is 2. The Balaban J connectivity index is 2.66. The van der Waals surface area contributed by atoms with Gasteiger partial charge in [0.05, 0.1) is 0 Å². The molecule has 0 bridgehead atoms. The van der Waals surface area contributed by atoms with Crippen molar-refractivity contribution < 1.29 is 4.79 Å². The second-order valence-electron chi connectivity index (χ2n) is 4.75. The predicted octanol–water partition coefficient (Wildman–Crippen LogP) is 4.74. The lowest BCUT2D eigenvalue weighted by Crippen LogP contribution is -2.56. The Morgan fingerprint density at radius 3 is 2.61 bits per heavy atom. The summed E-state index contributed by atoms with van der Waals surface area (Å²) in [5, 5.41) is 8.64. The van der Waals surface area contributed by atoms with Crippen LogP contribution in [0.25, 0.3) is 0 Å². The van der Waals surface area contributed by atoms with Gasteiger partial charge in [0.2, 0.25) is 9.70 Å². The maximum absolute atomic E-state index is 11.8. The number of thiocarbonyl (C=S) groups is 1. The number of anilines is 1. The lowest BCUT2D eigenvalue weighted by atomic mass is 10.2. The molecular formula is C14H17BrCl3N3OS. The summed E-state index contributed by atoms with van der Waals surface area (Å²) >= 11 is 26.3. The minimum atomic E-state index is -1.75. The number of halogens is 4. The van der Waals surface area contributed by atoms with Gasteiger partial charge in [-0.05, 0) is 36.8 Å². The molecule has 0 saturated heterocycles. The topological polar surface area (TPSA) is 53.2 Å². The van der Waals surface area contributed by atoms with Crippen LogP contribution in [0.2, 0.25) is 0 Å². The third kappa shape index (κ3) is 8.40. The molecule has 0 radical (unpaired) electrons. The minimum Gasteiger partial charge on any atom is -0.339 e. The first-order valence-corrected chi connectivity index (χ1v) is 9.25. The number of carbonyl (C=O) groups is 1. The molecular weight excluding hydrogens is 445 g/mol. The number of alkyl halides is 3. The summed E-state index contributed by atoms with van der Waals surface area (Å²) in [6.45, 7) is 2.00. The van der Waals surface area contributed by atoms with Crippen molar-refractivity contribution in [3.05, 3.63) is 28.7 Å². The zero-order chi connectivity index (χ0) is 17.5. The van der Waals surface area contributed by atoms with E-state index >= 15 is 0 Å². The van der Waals surface area contributed by atoms with Crippen LogP contribution in [0.1, 0.15) is 26.2 Å². The molecule has 1 aromatic rings. The van der Waals surface area contributed by atoms with Crippen LogP contribution in [0.5, 0.6) is 0 Å². The number of benzene rings is 1. The summed E-state index contributed by atoms with van der Waals surface area (Å²) in [6, 6.07) is 7.43. The van der Waals surface area contributed by atoms with Gasteiger partial charge in [0, 0.05) is 16.6 Å². The number of carbonyl (C=O) groups excluding carboxylic acids is 1. The van der Waals surface area contributed by atoms with Crippen LogP contribution in [-0.4, -0.2) is 21.0 Å². The molecule has 0 aliphatic heterocycles. The van der Waals surface area contributed by atoms with Crippen molar-refractivity contribution in [1.82, 2.24) is 10.6 Å². The standard InChI is InChI=1S/C14H17BrCl3N3OS/c1-2-3-7-11(22)20-12(14(16,17)18)21-13(23)19-10-6-4-5-9(15)8-10/h4-6,8,12H,2-3,7H2,1H3,(H,20,22)(H2,19,21,23)/t12-/m1/s1.